The number of hydrogen-bond donors (Lipinski definition) is 4. The van der Waals surface area contributed by atoms with Crippen LogP contribution in [0.2, 0.25) is 0 Å². The van der Waals surface area contributed by atoms with Crippen LogP contribution in [0.1, 0.15) is 20.7 Å². The molecule has 1 heterocycles. The number of carboxylic acid groups (broad SMARTS) is 2. The van der Waals surface area contributed by atoms with E-state index in [4.69, 9.17) is 9.90 Å². The van der Waals surface area contributed by atoms with Gasteiger partial charge in [0.25, 0.3) is 5.91 Å². The fourth-order valence-corrected chi connectivity index (χ4v) is 3.94. The molecule has 0 bridgehead atoms. The summed E-state index contributed by atoms with van der Waals surface area (Å²) in [6.07, 6.45) is -5.08. The first-order valence-electron chi connectivity index (χ1n) is 12.4. The van der Waals surface area contributed by atoms with E-state index in [1.807, 2.05) is 15.9 Å². The number of alkyl halides is 3. The minimum atomic E-state index is -5.08. The number of carbonyl (C=O) groups excluding carboxylic acids is 2. The lowest BCUT2D eigenvalue weighted by Crippen LogP contribution is -2.49. The number of benzene rings is 3. The van der Waals surface area contributed by atoms with Gasteiger partial charge in [-0.3, -0.25) is 14.5 Å². The van der Waals surface area contributed by atoms with Gasteiger partial charge in [0.2, 0.25) is 5.91 Å². The highest BCUT2D eigenvalue weighted by atomic mass is 19.4. The van der Waals surface area contributed by atoms with Crippen molar-refractivity contribution in [1.82, 2.24) is 4.90 Å². The highest BCUT2D eigenvalue weighted by Crippen LogP contribution is 2.26. The number of piperazine rings is 1. The molecule has 1 aliphatic rings. The molecular weight excluding hydrogens is 564 g/mol. The fraction of sp³-hybridized carbons (Fsp3) is 0.214. The summed E-state index contributed by atoms with van der Waals surface area (Å²) in [5.41, 5.74) is 2.06. The van der Waals surface area contributed by atoms with Gasteiger partial charge in [0.15, 0.2) is 0 Å². The number of anilines is 3. The molecule has 10 nitrogen and oxygen atoms in total. The molecule has 1 saturated heterocycles. The van der Waals surface area contributed by atoms with Gasteiger partial charge in [-0.05, 0) is 54.6 Å². The molecule has 0 aliphatic carbocycles. The third-order valence-electron chi connectivity index (χ3n) is 5.97. The predicted molar refractivity (Wildman–Crippen MR) is 145 cm³/mol. The molecule has 14 heteroatoms. The second-order valence-electron chi connectivity index (χ2n) is 8.98. The maximum absolute atomic E-state index is 13.0. The molecule has 42 heavy (non-hydrogen) atoms. The third kappa shape index (κ3) is 9.30. The van der Waals surface area contributed by atoms with Crippen LogP contribution in [-0.2, 0) is 9.59 Å². The predicted octanol–water partition coefficient (Wildman–Crippen LogP) is 4.17. The Hall–Kier alpha value is -4.98. The van der Waals surface area contributed by atoms with E-state index in [-0.39, 0.29) is 29.7 Å². The molecule has 2 amide bonds. The summed E-state index contributed by atoms with van der Waals surface area (Å²) in [4.78, 5) is 49.5. The van der Waals surface area contributed by atoms with Gasteiger partial charge in [0, 0.05) is 43.1 Å². The highest BCUT2D eigenvalue weighted by molar-refractivity contribution is 6.05. The standard InChI is InChI=1S/C26H25FN4O4.C2HF3O2/c27-19-6-8-20(9-7-19)28-24(32)17-30-12-14-31(15-13-30)23-11-10-21(16-22(23)26(34)35)29-25(33)18-4-2-1-3-5-18;3-2(4,5)1(6)7/h1-11,16H,12-15,17H2,(H,28,32)(H,29,33)(H,34,35);(H,6,7). The normalized spacial score (nSPS) is 13.4. The van der Waals surface area contributed by atoms with E-state index in [2.05, 4.69) is 10.6 Å². The Morgan fingerprint density at radius 2 is 1.36 bits per heavy atom. The van der Waals surface area contributed by atoms with Crippen molar-refractivity contribution in [3.63, 3.8) is 0 Å². The van der Waals surface area contributed by atoms with Crippen LogP contribution in [0, 0.1) is 5.82 Å². The van der Waals surface area contributed by atoms with Gasteiger partial charge in [-0.15, -0.1) is 0 Å². The number of hydrogen-bond acceptors (Lipinski definition) is 6. The van der Waals surface area contributed by atoms with Crippen molar-refractivity contribution in [1.29, 1.82) is 0 Å². The molecule has 0 radical (unpaired) electrons. The lowest BCUT2D eigenvalue weighted by Gasteiger charge is -2.36. The maximum atomic E-state index is 13.0. The first-order chi connectivity index (χ1) is 19.8. The van der Waals surface area contributed by atoms with Gasteiger partial charge in [0.1, 0.15) is 5.82 Å². The van der Waals surface area contributed by atoms with E-state index in [0.29, 0.717) is 48.8 Å². The number of aromatic carboxylic acids is 1. The van der Waals surface area contributed by atoms with Crippen molar-refractivity contribution in [2.75, 3.05) is 48.3 Å². The molecule has 1 aliphatic heterocycles. The van der Waals surface area contributed by atoms with E-state index in [1.54, 1.807) is 36.4 Å². The zero-order chi connectivity index (χ0) is 30.9. The number of halogens is 4. The Kier molecular flexibility index (Phi) is 10.6. The molecule has 0 saturated carbocycles. The number of aliphatic carboxylic acids is 1. The summed E-state index contributed by atoms with van der Waals surface area (Å²) < 4.78 is 44.8. The van der Waals surface area contributed by atoms with Crippen LogP contribution >= 0.6 is 0 Å². The molecule has 3 aromatic carbocycles. The van der Waals surface area contributed by atoms with Gasteiger partial charge < -0.3 is 25.7 Å². The minimum Gasteiger partial charge on any atom is -0.478 e. The van der Waals surface area contributed by atoms with Gasteiger partial charge in [-0.25, -0.2) is 14.0 Å². The van der Waals surface area contributed by atoms with Crippen molar-refractivity contribution in [2.24, 2.45) is 0 Å². The van der Waals surface area contributed by atoms with Gasteiger partial charge in [0.05, 0.1) is 17.8 Å². The molecule has 4 rings (SSSR count). The van der Waals surface area contributed by atoms with Crippen LogP contribution in [0.15, 0.2) is 72.8 Å². The van der Waals surface area contributed by atoms with E-state index in [9.17, 15) is 37.1 Å². The quantitative estimate of drug-likeness (QED) is 0.301. The number of nitrogens with one attached hydrogen (secondary N) is 2. The number of amides is 2. The Bertz CT molecular complexity index is 1410. The Morgan fingerprint density at radius 1 is 0.786 bits per heavy atom. The monoisotopic (exact) mass is 590 g/mol. The minimum absolute atomic E-state index is 0.0957. The molecule has 0 aromatic heterocycles. The molecule has 222 valence electrons. The SMILES string of the molecule is O=C(CN1CCN(c2ccc(NC(=O)c3ccccc3)cc2C(=O)O)CC1)Nc1ccc(F)cc1.O=C(O)C(F)(F)F. The molecular formula is C28H26F4N4O6. The summed E-state index contributed by atoms with van der Waals surface area (Å²) in [5, 5.41) is 22.4. The van der Waals surface area contributed by atoms with Crippen LogP contribution in [0.4, 0.5) is 34.6 Å². The number of nitrogens with zero attached hydrogens (tertiary/aromatic N) is 2. The highest BCUT2D eigenvalue weighted by Gasteiger charge is 2.38. The van der Waals surface area contributed by atoms with Crippen LogP contribution in [0.5, 0.6) is 0 Å². The zero-order valence-electron chi connectivity index (χ0n) is 21.9. The molecule has 3 aromatic rings. The maximum Gasteiger partial charge on any atom is 0.490 e. The first-order valence-corrected chi connectivity index (χ1v) is 12.4. The first kappa shape index (κ1) is 31.5. The smallest absolute Gasteiger partial charge is 0.478 e. The van der Waals surface area contributed by atoms with Crippen LogP contribution < -0.4 is 15.5 Å². The Balaban J connectivity index is 0.000000616. The van der Waals surface area contributed by atoms with Crippen molar-refractivity contribution in [3.05, 3.63) is 89.7 Å². The lowest BCUT2D eigenvalue weighted by molar-refractivity contribution is -0.192. The molecule has 0 atom stereocenters. The van der Waals surface area contributed by atoms with Crippen molar-refractivity contribution >= 4 is 40.8 Å². The van der Waals surface area contributed by atoms with Crippen LogP contribution in [-0.4, -0.2) is 77.8 Å². The molecule has 4 N–H and O–H groups in total. The Morgan fingerprint density at radius 3 is 1.90 bits per heavy atom. The largest absolute Gasteiger partial charge is 0.490 e. The molecule has 0 spiro atoms. The third-order valence-corrected chi connectivity index (χ3v) is 5.97. The van der Waals surface area contributed by atoms with Crippen LogP contribution in [0.3, 0.4) is 0 Å². The van der Waals surface area contributed by atoms with Gasteiger partial charge in [-0.1, -0.05) is 18.2 Å². The topological polar surface area (TPSA) is 139 Å². The van der Waals surface area contributed by atoms with Gasteiger partial charge >= 0.3 is 18.1 Å². The summed E-state index contributed by atoms with van der Waals surface area (Å²) in [6.45, 7) is 2.41. The van der Waals surface area contributed by atoms with E-state index >= 15 is 0 Å². The number of carbonyl (C=O) groups is 4. The van der Waals surface area contributed by atoms with Crippen molar-refractivity contribution in [2.45, 2.75) is 6.18 Å². The van der Waals surface area contributed by atoms with Crippen molar-refractivity contribution in [3.8, 4) is 0 Å². The summed E-state index contributed by atoms with van der Waals surface area (Å²) in [7, 11) is 0. The Labute approximate surface area is 237 Å². The second kappa shape index (κ2) is 14.1. The number of rotatable bonds is 7. The van der Waals surface area contributed by atoms with E-state index in [1.165, 1.54) is 30.3 Å². The average Bonchev–Trinajstić information content (AvgIpc) is 2.95. The van der Waals surface area contributed by atoms with E-state index < -0.39 is 18.1 Å². The fourth-order valence-electron chi connectivity index (χ4n) is 3.94. The van der Waals surface area contributed by atoms with Gasteiger partial charge in [-0.2, -0.15) is 13.2 Å². The van der Waals surface area contributed by atoms with E-state index in [0.717, 1.165) is 0 Å². The summed E-state index contributed by atoms with van der Waals surface area (Å²) in [6, 6.07) is 19.1. The van der Waals surface area contributed by atoms with Crippen LogP contribution in [0.25, 0.3) is 0 Å². The zero-order valence-corrected chi connectivity index (χ0v) is 21.9. The molecule has 1 fully saturated rings. The second-order valence-corrected chi connectivity index (χ2v) is 8.98. The summed E-state index contributed by atoms with van der Waals surface area (Å²) >= 11 is 0. The van der Waals surface area contributed by atoms with Crippen molar-refractivity contribution < 1.29 is 47.0 Å². The summed E-state index contributed by atoms with van der Waals surface area (Å²) in [5.74, 6) is -4.73. The average molecular weight is 591 g/mol. The lowest BCUT2D eigenvalue weighted by atomic mass is 10.1. The number of carboxylic acids is 2. The molecule has 0 unspecified atom stereocenters.